The van der Waals surface area contributed by atoms with Gasteiger partial charge in [0.15, 0.2) is 5.96 Å². The van der Waals surface area contributed by atoms with Gasteiger partial charge in [-0.1, -0.05) is 24.3 Å². The zero-order valence-corrected chi connectivity index (χ0v) is 18.9. The number of hydrogen-bond donors (Lipinski definition) is 1. The normalized spacial score (nSPS) is 17.7. The van der Waals surface area contributed by atoms with E-state index in [-0.39, 0.29) is 24.0 Å². The molecule has 3 rings (SSSR count). The van der Waals surface area contributed by atoms with E-state index < -0.39 is 0 Å². The van der Waals surface area contributed by atoms with Gasteiger partial charge in [-0.3, -0.25) is 4.99 Å². The molecule has 5 nitrogen and oxygen atoms in total. The largest absolute Gasteiger partial charge is 0.381 e. The quantitative estimate of drug-likeness (QED) is 0.291. The molecule has 2 aliphatic heterocycles. The zero-order valence-electron chi connectivity index (χ0n) is 16.6. The Labute approximate surface area is 180 Å². The summed E-state index contributed by atoms with van der Waals surface area (Å²) in [5, 5.41) is 3.51. The molecule has 0 bridgehead atoms. The minimum Gasteiger partial charge on any atom is -0.381 e. The van der Waals surface area contributed by atoms with E-state index in [9.17, 15) is 0 Å². The van der Waals surface area contributed by atoms with Crippen LogP contribution in [0.3, 0.4) is 0 Å². The molecule has 6 heteroatoms. The third kappa shape index (κ3) is 6.68. The second-order valence-corrected chi connectivity index (χ2v) is 7.21. The van der Waals surface area contributed by atoms with E-state index in [0.717, 1.165) is 51.3 Å². The predicted molar refractivity (Wildman–Crippen MR) is 124 cm³/mol. The van der Waals surface area contributed by atoms with Crippen molar-refractivity contribution >= 4 is 35.6 Å². The van der Waals surface area contributed by atoms with Crippen molar-refractivity contribution in [2.45, 2.75) is 25.8 Å². The highest BCUT2D eigenvalue weighted by Gasteiger charge is 2.15. The lowest BCUT2D eigenvalue weighted by Gasteiger charge is -2.27. The SMILES string of the molecule is CN=C(NCc1cccc(N2CC=CC2)c1)N(C)CCC1CCOCC1.I. The number of benzene rings is 1. The Balaban J connectivity index is 0.00000261. The maximum Gasteiger partial charge on any atom is 0.193 e. The molecule has 0 spiro atoms. The molecule has 0 aliphatic carbocycles. The second-order valence-electron chi connectivity index (χ2n) is 7.21. The number of aliphatic imine (C=N–C) groups is 1. The Morgan fingerprint density at radius 3 is 2.70 bits per heavy atom. The van der Waals surface area contributed by atoms with Gasteiger partial charge in [0.25, 0.3) is 0 Å². The van der Waals surface area contributed by atoms with Gasteiger partial charge >= 0.3 is 0 Å². The molecule has 2 aliphatic rings. The minimum absolute atomic E-state index is 0. The fraction of sp³-hybridized carbons (Fsp3) is 0.571. The van der Waals surface area contributed by atoms with Gasteiger partial charge in [-0.2, -0.15) is 0 Å². The van der Waals surface area contributed by atoms with E-state index in [1.807, 2.05) is 7.05 Å². The Bertz CT molecular complexity index is 620. The molecule has 0 aromatic heterocycles. The molecule has 0 saturated carbocycles. The maximum absolute atomic E-state index is 5.45. The van der Waals surface area contributed by atoms with Crippen molar-refractivity contribution in [3.8, 4) is 0 Å². The van der Waals surface area contributed by atoms with Crippen molar-refractivity contribution in [2.24, 2.45) is 10.9 Å². The number of hydrogen-bond acceptors (Lipinski definition) is 3. The van der Waals surface area contributed by atoms with Gasteiger partial charge in [0.2, 0.25) is 0 Å². The summed E-state index contributed by atoms with van der Waals surface area (Å²) >= 11 is 0. The molecule has 1 aromatic rings. The average molecular weight is 484 g/mol. The smallest absolute Gasteiger partial charge is 0.193 e. The topological polar surface area (TPSA) is 40.1 Å². The van der Waals surface area contributed by atoms with Crippen LogP contribution < -0.4 is 10.2 Å². The number of rotatable bonds is 6. The summed E-state index contributed by atoms with van der Waals surface area (Å²) in [6, 6.07) is 8.78. The van der Waals surface area contributed by atoms with Crippen molar-refractivity contribution < 1.29 is 4.74 Å². The summed E-state index contributed by atoms with van der Waals surface area (Å²) < 4.78 is 5.45. The highest BCUT2D eigenvalue weighted by Crippen LogP contribution is 2.19. The summed E-state index contributed by atoms with van der Waals surface area (Å²) in [4.78, 5) is 9.07. The molecular weight excluding hydrogens is 451 g/mol. The average Bonchev–Trinajstić information content (AvgIpc) is 3.23. The van der Waals surface area contributed by atoms with Crippen LogP contribution in [-0.4, -0.2) is 57.8 Å². The third-order valence-corrected chi connectivity index (χ3v) is 5.33. The van der Waals surface area contributed by atoms with Crippen LogP contribution >= 0.6 is 24.0 Å². The van der Waals surface area contributed by atoms with Crippen molar-refractivity contribution in [1.29, 1.82) is 0 Å². The van der Waals surface area contributed by atoms with Gasteiger partial charge in [-0.05, 0) is 42.9 Å². The molecule has 1 N–H and O–H groups in total. The van der Waals surface area contributed by atoms with Gasteiger partial charge in [-0.25, -0.2) is 0 Å². The van der Waals surface area contributed by atoms with Crippen LogP contribution in [0.25, 0.3) is 0 Å². The summed E-state index contributed by atoms with van der Waals surface area (Å²) in [5.74, 6) is 1.75. The van der Waals surface area contributed by atoms with Gasteiger partial charge in [0.1, 0.15) is 0 Å². The summed E-state index contributed by atoms with van der Waals surface area (Å²) in [6.45, 7) is 5.68. The standard InChI is InChI=1S/C21H32N4O.HI/c1-22-21(24(2)13-8-18-9-14-26-15-10-18)23-17-19-6-5-7-20(16-19)25-11-3-4-12-25;/h3-7,16,18H,8-15,17H2,1-2H3,(H,22,23);1H. The summed E-state index contributed by atoms with van der Waals surface area (Å²) in [6.07, 6.45) is 8.04. The van der Waals surface area contributed by atoms with Gasteiger partial charge in [0, 0.05) is 59.2 Å². The van der Waals surface area contributed by atoms with Crippen molar-refractivity contribution in [2.75, 3.05) is 51.8 Å². The minimum atomic E-state index is 0. The molecule has 1 aromatic carbocycles. The van der Waals surface area contributed by atoms with Gasteiger partial charge in [-0.15, -0.1) is 24.0 Å². The lowest BCUT2D eigenvalue weighted by atomic mass is 9.96. The Kier molecular flexibility index (Phi) is 9.41. The number of anilines is 1. The summed E-state index contributed by atoms with van der Waals surface area (Å²) in [7, 11) is 3.99. The molecule has 1 fully saturated rings. The first-order valence-corrected chi connectivity index (χ1v) is 9.74. The van der Waals surface area contributed by atoms with E-state index in [0.29, 0.717) is 0 Å². The molecule has 1 saturated heterocycles. The van der Waals surface area contributed by atoms with E-state index >= 15 is 0 Å². The predicted octanol–water partition coefficient (Wildman–Crippen LogP) is 3.50. The van der Waals surface area contributed by atoms with Crippen LogP contribution in [0.5, 0.6) is 0 Å². The van der Waals surface area contributed by atoms with Gasteiger partial charge in [0.05, 0.1) is 0 Å². The molecule has 0 amide bonds. The number of nitrogens with zero attached hydrogens (tertiary/aromatic N) is 3. The number of nitrogens with one attached hydrogen (secondary N) is 1. The van der Waals surface area contributed by atoms with Crippen LogP contribution in [0.15, 0.2) is 41.4 Å². The van der Waals surface area contributed by atoms with E-state index in [4.69, 9.17) is 4.74 Å². The molecule has 150 valence electrons. The molecular formula is C21H33IN4O. The van der Waals surface area contributed by atoms with E-state index in [2.05, 4.69) is 63.6 Å². The fourth-order valence-electron chi connectivity index (χ4n) is 3.64. The number of halogens is 1. The van der Waals surface area contributed by atoms with Crippen molar-refractivity contribution in [3.63, 3.8) is 0 Å². The van der Waals surface area contributed by atoms with Crippen molar-refractivity contribution in [1.82, 2.24) is 10.2 Å². The first kappa shape index (κ1) is 22.0. The lowest BCUT2D eigenvalue weighted by molar-refractivity contribution is 0.0625. The summed E-state index contributed by atoms with van der Waals surface area (Å²) in [5.41, 5.74) is 2.57. The third-order valence-electron chi connectivity index (χ3n) is 5.33. The van der Waals surface area contributed by atoms with Crippen LogP contribution in [0.4, 0.5) is 5.69 Å². The molecule has 27 heavy (non-hydrogen) atoms. The molecule has 0 atom stereocenters. The Morgan fingerprint density at radius 1 is 1.26 bits per heavy atom. The lowest BCUT2D eigenvalue weighted by Crippen LogP contribution is -2.39. The molecule has 0 radical (unpaired) electrons. The van der Waals surface area contributed by atoms with Crippen LogP contribution in [0.1, 0.15) is 24.8 Å². The first-order chi connectivity index (χ1) is 12.8. The maximum atomic E-state index is 5.45. The van der Waals surface area contributed by atoms with Crippen molar-refractivity contribution in [3.05, 3.63) is 42.0 Å². The van der Waals surface area contributed by atoms with Crippen LogP contribution in [0, 0.1) is 5.92 Å². The Hall–Kier alpha value is -1.28. The second kappa shape index (κ2) is 11.5. The Morgan fingerprint density at radius 2 is 2.00 bits per heavy atom. The van der Waals surface area contributed by atoms with E-state index in [1.54, 1.807) is 0 Å². The monoisotopic (exact) mass is 484 g/mol. The zero-order chi connectivity index (χ0) is 18.2. The number of guanidine groups is 1. The van der Waals surface area contributed by atoms with Gasteiger partial charge < -0.3 is 19.9 Å². The highest BCUT2D eigenvalue weighted by molar-refractivity contribution is 14.0. The van der Waals surface area contributed by atoms with Crippen LogP contribution in [-0.2, 0) is 11.3 Å². The first-order valence-electron chi connectivity index (χ1n) is 9.74. The number of ether oxygens (including phenoxy) is 1. The molecule has 2 heterocycles. The fourth-order valence-corrected chi connectivity index (χ4v) is 3.64. The van der Waals surface area contributed by atoms with E-state index in [1.165, 1.54) is 30.5 Å². The van der Waals surface area contributed by atoms with Crippen LogP contribution in [0.2, 0.25) is 0 Å². The molecule has 0 unspecified atom stereocenters. The highest BCUT2D eigenvalue weighted by atomic mass is 127.